The van der Waals surface area contributed by atoms with Gasteiger partial charge in [0.05, 0.1) is 19.3 Å². The number of ether oxygens (including phenoxy) is 1. The fraction of sp³-hybridized carbons (Fsp3) is 0.533. The van der Waals surface area contributed by atoms with E-state index in [1.165, 1.54) is 0 Å². The summed E-state index contributed by atoms with van der Waals surface area (Å²) in [5.74, 6) is -0.00169. The third-order valence-corrected chi connectivity index (χ3v) is 3.42. The van der Waals surface area contributed by atoms with Crippen LogP contribution in [0.15, 0.2) is 30.3 Å². The number of hydrogen-bond donors (Lipinski definition) is 2. The van der Waals surface area contributed by atoms with Gasteiger partial charge >= 0.3 is 0 Å². The van der Waals surface area contributed by atoms with E-state index in [9.17, 15) is 4.79 Å². The molecule has 0 aliphatic carbocycles. The van der Waals surface area contributed by atoms with Gasteiger partial charge in [-0.2, -0.15) is 0 Å². The molecule has 0 radical (unpaired) electrons. The SMILES string of the molecule is C[C@@H](NCCN1CCOCC1)C(=O)Nc1ccccc1. The molecule has 2 N–H and O–H groups in total. The first-order chi connectivity index (χ1) is 9.75. The zero-order chi connectivity index (χ0) is 14.2. The van der Waals surface area contributed by atoms with Gasteiger partial charge in [0, 0.05) is 31.9 Å². The van der Waals surface area contributed by atoms with Crippen molar-refractivity contribution in [3.63, 3.8) is 0 Å². The Kier molecular flexibility index (Phi) is 5.98. The third-order valence-electron chi connectivity index (χ3n) is 3.42. The second-order valence-electron chi connectivity index (χ2n) is 4.99. The third kappa shape index (κ3) is 4.92. The van der Waals surface area contributed by atoms with Crippen molar-refractivity contribution in [1.29, 1.82) is 0 Å². The summed E-state index contributed by atoms with van der Waals surface area (Å²) in [7, 11) is 0. The van der Waals surface area contributed by atoms with Gasteiger partial charge in [-0.1, -0.05) is 18.2 Å². The summed E-state index contributed by atoms with van der Waals surface area (Å²) in [5.41, 5.74) is 0.833. The maximum atomic E-state index is 12.0. The van der Waals surface area contributed by atoms with Crippen molar-refractivity contribution in [1.82, 2.24) is 10.2 Å². The van der Waals surface area contributed by atoms with Gasteiger partial charge in [0.2, 0.25) is 5.91 Å². The second-order valence-corrected chi connectivity index (χ2v) is 4.99. The molecule has 0 saturated carbocycles. The highest BCUT2D eigenvalue weighted by Crippen LogP contribution is 2.05. The Labute approximate surface area is 120 Å². The van der Waals surface area contributed by atoms with Crippen LogP contribution in [0.25, 0.3) is 0 Å². The fourth-order valence-corrected chi connectivity index (χ4v) is 2.13. The minimum Gasteiger partial charge on any atom is -0.379 e. The molecule has 1 atom stereocenters. The highest BCUT2D eigenvalue weighted by molar-refractivity contribution is 5.94. The molecule has 0 bridgehead atoms. The molecule has 1 aromatic rings. The Bertz CT molecular complexity index is 405. The van der Waals surface area contributed by atoms with Crippen LogP contribution in [0.5, 0.6) is 0 Å². The van der Waals surface area contributed by atoms with E-state index < -0.39 is 0 Å². The van der Waals surface area contributed by atoms with Crippen LogP contribution in [-0.4, -0.2) is 56.2 Å². The minimum atomic E-state index is -0.198. The minimum absolute atomic E-state index is 0.00169. The van der Waals surface area contributed by atoms with E-state index in [0.717, 1.165) is 45.1 Å². The van der Waals surface area contributed by atoms with Gasteiger partial charge in [0.1, 0.15) is 0 Å². The quantitative estimate of drug-likeness (QED) is 0.812. The van der Waals surface area contributed by atoms with E-state index in [1.807, 2.05) is 37.3 Å². The molecule has 20 heavy (non-hydrogen) atoms. The van der Waals surface area contributed by atoms with Crippen LogP contribution in [0, 0.1) is 0 Å². The summed E-state index contributed by atoms with van der Waals surface area (Å²) in [5, 5.41) is 6.15. The van der Waals surface area contributed by atoms with Crippen LogP contribution in [0.4, 0.5) is 5.69 Å². The Hall–Kier alpha value is -1.43. The first kappa shape index (κ1) is 15.0. The largest absolute Gasteiger partial charge is 0.379 e. The topological polar surface area (TPSA) is 53.6 Å². The van der Waals surface area contributed by atoms with E-state index in [0.29, 0.717) is 0 Å². The summed E-state index contributed by atoms with van der Waals surface area (Å²) in [6.45, 7) is 7.22. The summed E-state index contributed by atoms with van der Waals surface area (Å²) in [6, 6.07) is 9.32. The molecular weight excluding hydrogens is 254 g/mol. The lowest BCUT2D eigenvalue weighted by Gasteiger charge is -2.27. The van der Waals surface area contributed by atoms with E-state index in [4.69, 9.17) is 4.74 Å². The molecule has 1 aliphatic rings. The van der Waals surface area contributed by atoms with Crippen molar-refractivity contribution in [2.24, 2.45) is 0 Å². The molecule has 1 fully saturated rings. The molecule has 0 aromatic heterocycles. The molecule has 5 heteroatoms. The Morgan fingerprint density at radius 1 is 1.30 bits per heavy atom. The predicted molar refractivity (Wildman–Crippen MR) is 79.8 cm³/mol. The lowest BCUT2D eigenvalue weighted by molar-refractivity contribution is -0.117. The zero-order valence-corrected chi connectivity index (χ0v) is 12.0. The van der Waals surface area contributed by atoms with Gasteiger partial charge < -0.3 is 15.4 Å². The number of para-hydroxylation sites is 1. The number of morpholine rings is 1. The van der Waals surface area contributed by atoms with Crippen molar-refractivity contribution in [3.8, 4) is 0 Å². The zero-order valence-electron chi connectivity index (χ0n) is 12.0. The van der Waals surface area contributed by atoms with Gasteiger partial charge in [-0.3, -0.25) is 9.69 Å². The molecule has 0 unspecified atom stereocenters. The van der Waals surface area contributed by atoms with Crippen LogP contribution >= 0.6 is 0 Å². The van der Waals surface area contributed by atoms with Crippen LogP contribution < -0.4 is 10.6 Å². The number of hydrogen-bond acceptors (Lipinski definition) is 4. The van der Waals surface area contributed by atoms with Crippen molar-refractivity contribution in [2.75, 3.05) is 44.7 Å². The molecule has 2 rings (SSSR count). The molecule has 1 aromatic carbocycles. The lowest BCUT2D eigenvalue weighted by Crippen LogP contribution is -2.44. The Morgan fingerprint density at radius 2 is 2.00 bits per heavy atom. The van der Waals surface area contributed by atoms with Gasteiger partial charge in [-0.05, 0) is 19.1 Å². The number of carbonyl (C=O) groups excluding carboxylic acids is 1. The number of rotatable bonds is 6. The average Bonchev–Trinajstić information content (AvgIpc) is 2.49. The number of amides is 1. The van der Waals surface area contributed by atoms with Gasteiger partial charge in [0.15, 0.2) is 0 Å². The predicted octanol–water partition coefficient (Wildman–Crippen LogP) is 0.935. The van der Waals surface area contributed by atoms with Crippen molar-refractivity contribution >= 4 is 11.6 Å². The summed E-state index contributed by atoms with van der Waals surface area (Å²) in [6.07, 6.45) is 0. The van der Waals surface area contributed by atoms with Gasteiger partial charge in [-0.15, -0.1) is 0 Å². The molecule has 5 nitrogen and oxygen atoms in total. The summed E-state index contributed by atoms with van der Waals surface area (Å²) >= 11 is 0. The number of nitrogens with one attached hydrogen (secondary N) is 2. The van der Waals surface area contributed by atoms with E-state index >= 15 is 0 Å². The van der Waals surface area contributed by atoms with Crippen molar-refractivity contribution < 1.29 is 9.53 Å². The first-order valence-corrected chi connectivity index (χ1v) is 7.15. The van der Waals surface area contributed by atoms with E-state index in [-0.39, 0.29) is 11.9 Å². The van der Waals surface area contributed by atoms with Crippen LogP contribution in [0.3, 0.4) is 0 Å². The molecular formula is C15H23N3O2. The molecule has 1 aliphatic heterocycles. The monoisotopic (exact) mass is 277 g/mol. The molecule has 1 amide bonds. The van der Waals surface area contributed by atoms with E-state index in [1.54, 1.807) is 0 Å². The van der Waals surface area contributed by atoms with Crippen molar-refractivity contribution in [2.45, 2.75) is 13.0 Å². The lowest BCUT2D eigenvalue weighted by atomic mass is 10.2. The number of benzene rings is 1. The normalized spacial score (nSPS) is 17.6. The Morgan fingerprint density at radius 3 is 2.70 bits per heavy atom. The highest BCUT2D eigenvalue weighted by Gasteiger charge is 2.14. The molecule has 110 valence electrons. The molecule has 0 spiro atoms. The van der Waals surface area contributed by atoms with Gasteiger partial charge in [0.25, 0.3) is 0 Å². The standard InChI is InChI=1S/C15H23N3O2/c1-13(15(19)17-14-5-3-2-4-6-14)16-7-8-18-9-11-20-12-10-18/h2-6,13,16H,7-12H2,1H3,(H,17,19)/t13-/m1/s1. The first-order valence-electron chi connectivity index (χ1n) is 7.15. The van der Waals surface area contributed by atoms with Crippen LogP contribution in [0.2, 0.25) is 0 Å². The van der Waals surface area contributed by atoms with E-state index in [2.05, 4.69) is 15.5 Å². The maximum Gasteiger partial charge on any atom is 0.241 e. The molecule has 1 heterocycles. The summed E-state index contributed by atoms with van der Waals surface area (Å²) in [4.78, 5) is 14.3. The average molecular weight is 277 g/mol. The molecule has 1 saturated heterocycles. The van der Waals surface area contributed by atoms with Crippen molar-refractivity contribution in [3.05, 3.63) is 30.3 Å². The number of anilines is 1. The second kappa shape index (κ2) is 7.99. The van der Waals surface area contributed by atoms with Gasteiger partial charge in [-0.25, -0.2) is 0 Å². The van der Waals surface area contributed by atoms with Crippen LogP contribution in [-0.2, 0) is 9.53 Å². The maximum absolute atomic E-state index is 12.0. The summed E-state index contributed by atoms with van der Waals surface area (Å²) < 4.78 is 5.31. The smallest absolute Gasteiger partial charge is 0.241 e. The Balaban J connectivity index is 1.66. The highest BCUT2D eigenvalue weighted by atomic mass is 16.5. The van der Waals surface area contributed by atoms with Crippen LogP contribution in [0.1, 0.15) is 6.92 Å². The number of nitrogens with zero attached hydrogens (tertiary/aromatic N) is 1. The number of carbonyl (C=O) groups is 1. The fourth-order valence-electron chi connectivity index (χ4n) is 2.13.